The van der Waals surface area contributed by atoms with Crippen molar-refractivity contribution >= 4 is 32.9 Å². The van der Waals surface area contributed by atoms with E-state index in [9.17, 15) is 4.79 Å². The van der Waals surface area contributed by atoms with Crippen molar-refractivity contribution in [2.45, 2.75) is 0 Å². The minimum absolute atomic E-state index is 0.144. The molecule has 0 aliphatic heterocycles. The molecule has 0 aliphatic carbocycles. The van der Waals surface area contributed by atoms with E-state index in [4.69, 9.17) is 13.6 Å². The molecular formula is C22H14O4. The van der Waals surface area contributed by atoms with Crippen LogP contribution in [0.5, 0.6) is 5.75 Å². The van der Waals surface area contributed by atoms with Crippen LogP contribution in [-0.2, 0) is 0 Å². The van der Waals surface area contributed by atoms with E-state index < -0.39 is 0 Å². The van der Waals surface area contributed by atoms with E-state index in [2.05, 4.69) is 0 Å². The molecule has 0 spiro atoms. The summed E-state index contributed by atoms with van der Waals surface area (Å²) < 4.78 is 17.6. The van der Waals surface area contributed by atoms with Gasteiger partial charge >= 0.3 is 0 Å². The maximum absolute atomic E-state index is 12.9. The third-order valence-corrected chi connectivity index (χ3v) is 4.58. The lowest BCUT2D eigenvalue weighted by molar-refractivity contribution is 0.423. The number of benzene rings is 3. The normalized spacial score (nSPS) is 11.4. The smallest absolute Gasteiger partial charge is 0.197 e. The van der Waals surface area contributed by atoms with Crippen molar-refractivity contribution in [3.63, 3.8) is 0 Å². The fraction of sp³-hybridized carbons (Fsp3) is 0.0455. The van der Waals surface area contributed by atoms with Crippen molar-refractivity contribution in [2.75, 3.05) is 7.11 Å². The standard InChI is InChI=1S/C22H14O4/c1-24-22-20-14-9-5-6-10-16(14)25-18(20)12-19-21(22)15(23)11-17(26-19)13-7-3-2-4-8-13/h2-12H,1H3. The third kappa shape index (κ3) is 2.05. The van der Waals surface area contributed by atoms with Crippen LogP contribution in [0.15, 0.2) is 80.4 Å². The molecule has 0 amide bonds. The van der Waals surface area contributed by atoms with Crippen LogP contribution in [0.2, 0.25) is 0 Å². The van der Waals surface area contributed by atoms with Gasteiger partial charge in [0.25, 0.3) is 0 Å². The van der Waals surface area contributed by atoms with Gasteiger partial charge < -0.3 is 13.6 Å². The number of hydrogen-bond acceptors (Lipinski definition) is 4. The Balaban J connectivity index is 1.93. The van der Waals surface area contributed by atoms with Crippen LogP contribution in [0.3, 0.4) is 0 Å². The first-order valence-corrected chi connectivity index (χ1v) is 8.28. The lowest BCUT2D eigenvalue weighted by Crippen LogP contribution is -2.03. The van der Waals surface area contributed by atoms with E-state index in [0.717, 1.165) is 21.9 Å². The molecule has 5 rings (SSSR count). The monoisotopic (exact) mass is 342 g/mol. The summed E-state index contributed by atoms with van der Waals surface area (Å²) in [5, 5.41) is 2.12. The van der Waals surface area contributed by atoms with Crippen LogP contribution in [-0.4, -0.2) is 7.11 Å². The predicted octanol–water partition coefficient (Wildman–Crippen LogP) is 5.37. The minimum atomic E-state index is -0.144. The van der Waals surface area contributed by atoms with E-state index in [1.165, 1.54) is 6.07 Å². The second-order valence-corrected chi connectivity index (χ2v) is 6.10. The summed E-state index contributed by atoms with van der Waals surface area (Å²) in [5.74, 6) is 0.997. The summed E-state index contributed by atoms with van der Waals surface area (Å²) >= 11 is 0. The van der Waals surface area contributed by atoms with Gasteiger partial charge in [-0.25, -0.2) is 0 Å². The van der Waals surface area contributed by atoms with Crippen molar-refractivity contribution in [3.05, 3.63) is 77.0 Å². The molecule has 0 saturated carbocycles. The predicted molar refractivity (Wildman–Crippen MR) is 102 cm³/mol. The van der Waals surface area contributed by atoms with Crippen molar-refractivity contribution in [3.8, 4) is 17.1 Å². The fourth-order valence-corrected chi connectivity index (χ4v) is 3.43. The van der Waals surface area contributed by atoms with Crippen molar-refractivity contribution in [2.24, 2.45) is 0 Å². The molecule has 0 saturated heterocycles. The van der Waals surface area contributed by atoms with E-state index >= 15 is 0 Å². The Kier molecular flexibility index (Phi) is 3.12. The molecule has 3 aromatic carbocycles. The molecule has 4 heteroatoms. The molecule has 2 aromatic heterocycles. The molecule has 0 fully saturated rings. The Bertz CT molecular complexity index is 1330. The van der Waals surface area contributed by atoms with Crippen molar-refractivity contribution in [1.82, 2.24) is 0 Å². The highest BCUT2D eigenvalue weighted by Gasteiger charge is 2.19. The molecule has 4 nitrogen and oxygen atoms in total. The number of rotatable bonds is 2. The minimum Gasteiger partial charge on any atom is -0.495 e. The van der Waals surface area contributed by atoms with Crippen LogP contribution in [0, 0.1) is 0 Å². The van der Waals surface area contributed by atoms with Gasteiger partial charge in [-0.2, -0.15) is 0 Å². The maximum Gasteiger partial charge on any atom is 0.197 e. The number of methoxy groups -OCH3 is 1. The van der Waals surface area contributed by atoms with Gasteiger partial charge in [-0.05, 0) is 6.07 Å². The number of para-hydroxylation sites is 1. The summed E-state index contributed by atoms with van der Waals surface area (Å²) in [6.07, 6.45) is 0. The molecule has 0 aliphatic rings. The van der Waals surface area contributed by atoms with Crippen LogP contribution in [0.1, 0.15) is 0 Å². The summed E-state index contributed by atoms with van der Waals surface area (Å²) in [5.41, 5.74) is 2.51. The molecule has 2 heterocycles. The second kappa shape index (κ2) is 5.49. The molecule has 0 atom stereocenters. The number of fused-ring (bicyclic) bond motifs is 4. The zero-order valence-corrected chi connectivity index (χ0v) is 14.0. The molecule has 5 aromatic rings. The van der Waals surface area contributed by atoms with Gasteiger partial charge in [0, 0.05) is 23.1 Å². The summed E-state index contributed by atoms with van der Waals surface area (Å²) in [6.45, 7) is 0. The highest BCUT2D eigenvalue weighted by atomic mass is 16.5. The Hall–Kier alpha value is -3.53. The zero-order valence-electron chi connectivity index (χ0n) is 14.0. The lowest BCUT2D eigenvalue weighted by Gasteiger charge is -2.08. The number of ether oxygens (including phenoxy) is 1. The average molecular weight is 342 g/mol. The average Bonchev–Trinajstić information content (AvgIpc) is 3.05. The van der Waals surface area contributed by atoms with Gasteiger partial charge in [-0.3, -0.25) is 4.79 Å². The molecule has 0 radical (unpaired) electrons. The van der Waals surface area contributed by atoms with Crippen LogP contribution < -0.4 is 10.2 Å². The highest BCUT2D eigenvalue weighted by molar-refractivity contribution is 6.14. The first-order valence-electron chi connectivity index (χ1n) is 8.28. The van der Waals surface area contributed by atoms with Gasteiger partial charge in [0.2, 0.25) is 0 Å². The largest absolute Gasteiger partial charge is 0.495 e. The maximum atomic E-state index is 12.9. The van der Waals surface area contributed by atoms with E-state index in [-0.39, 0.29) is 5.43 Å². The van der Waals surface area contributed by atoms with Crippen LogP contribution in [0.4, 0.5) is 0 Å². The van der Waals surface area contributed by atoms with Gasteiger partial charge in [-0.1, -0.05) is 48.5 Å². The SMILES string of the molecule is COc1c2c(=O)cc(-c3ccccc3)oc2cc2oc3ccccc3c12. The third-order valence-electron chi connectivity index (χ3n) is 4.58. The molecular weight excluding hydrogens is 328 g/mol. The molecule has 0 N–H and O–H groups in total. The molecule has 26 heavy (non-hydrogen) atoms. The Labute approximate surface area is 148 Å². The van der Waals surface area contributed by atoms with Gasteiger partial charge in [-0.15, -0.1) is 0 Å². The Morgan fingerprint density at radius 3 is 2.31 bits per heavy atom. The molecule has 0 unspecified atom stereocenters. The van der Waals surface area contributed by atoms with Crippen LogP contribution >= 0.6 is 0 Å². The van der Waals surface area contributed by atoms with Crippen molar-refractivity contribution in [1.29, 1.82) is 0 Å². The molecule has 126 valence electrons. The topological polar surface area (TPSA) is 52.6 Å². The van der Waals surface area contributed by atoms with Gasteiger partial charge in [0.15, 0.2) is 5.43 Å². The fourth-order valence-electron chi connectivity index (χ4n) is 3.43. The van der Waals surface area contributed by atoms with Crippen LogP contribution in [0.25, 0.3) is 44.2 Å². The highest BCUT2D eigenvalue weighted by Crippen LogP contribution is 2.40. The second-order valence-electron chi connectivity index (χ2n) is 6.10. The number of hydrogen-bond donors (Lipinski definition) is 0. The quantitative estimate of drug-likeness (QED) is 0.433. The summed E-state index contributed by atoms with van der Waals surface area (Å²) in [7, 11) is 1.56. The zero-order chi connectivity index (χ0) is 17.7. The van der Waals surface area contributed by atoms with E-state index in [0.29, 0.717) is 28.1 Å². The van der Waals surface area contributed by atoms with Gasteiger partial charge in [0.05, 0.1) is 12.5 Å². The van der Waals surface area contributed by atoms with Gasteiger partial charge in [0.1, 0.15) is 33.6 Å². The van der Waals surface area contributed by atoms with E-state index in [1.54, 1.807) is 13.2 Å². The van der Waals surface area contributed by atoms with E-state index in [1.807, 2.05) is 54.6 Å². The first kappa shape index (κ1) is 14.8. The number of furan rings is 1. The summed E-state index contributed by atoms with van der Waals surface area (Å²) in [6, 6.07) is 20.5. The lowest BCUT2D eigenvalue weighted by atomic mass is 10.1. The summed E-state index contributed by atoms with van der Waals surface area (Å²) in [4.78, 5) is 12.9. The Morgan fingerprint density at radius 1 is 0.769 bits per heavy atom. The Morgan fingerprint density at radius 2 is 1.50 bits per heavy atom. The molecule has 0 bridgehead atoms. The first-order chi connectivity index (χ1) is 12.8. The van der Waals surface area contributed by atoms with Crippen molar-refractivity contribution < 1.29 is 13.6 Å².